The van der Waals surface area contributed by atoms with Crippen LogP contribution < -0.4 is 0 Å². The maximum absolute atomic E-state index is 4.42. The number of nitrogens with zero attached hydrogens (tertiary/aromatic N) is 9. The molecule has 0 aliphatic carbocycles. The molecular weight excluding hydrogens is 768 g/mol. The SMILES string of the molecule is [Ru].c1ccc(-c2cccnc2-c2ccccn2)nc1.c1ccc(-c2cccnc2-c2ccccn2)nc1.c1ccc(-c2cccnc2-c2ccccn2)nc1. The van der Waals surface area contributed by atoms with Crippen molar-refractivity contribution in [1.82, 2.24) is 44.9 Å². The van der Waals surface area contributed by atoms with E-state index in [2.05, 4.69) is 44.9 Å². The molecule has 0 saturated carbocycles. The van der Waals surface area contributed by atoms with E-state index in [9.17, 15) is 0 Å². The molecule has 0 atom stereocenters. The quantitative estimate of drug-likeness (QED) is 0.152. The minimum absolute atomic E-state index is 0. The number of pyridine rings is 9. The van der Waals surface area contributed by atoms with Crippen molar-refractivity contribution < 1.29 is 19.5 Å². The second kappa shape index (κ2) is 19.7. The van der Waals surface area contributed by atoms with Crippen LogP contribution in [0, 0.1) is 0 Å². The summed E-state index contributed by atoms with van der Waals surface area (Å²) in [6, 6.07) is 46.7. The van der Waals surface area contributed by atoms with E-state index in [0.717, 1.165) is 67.9 Å². The molecule has 0 radical (unpaired) electrons. The zero-order valence-electron chi connectivity index (χ0n) is 29.4. The minimum atomic E-state index is 0. The normalized spacial score (nSPS) is 10.0. The summed E-state index contributed by atoms with van der Waals surface area (Å²) in [5.41, 5.74) is 10.9. The standard InChI is InChI=1S/3C15H11N3.Ru/c3*1-3-9-16-13(7-1)12-6-5-11-18-15(12)14-8-2-4-10-17-14;/h3*1-11H;. The van der Waals surface area contributed by atoms with Gasteiger partial charge in [-0.3, -0.25) is 44.9 Å². The Morgan fingerprint density at radius 2 is 0.418 bits per heavy atom. The fourth-order valence-electron chi connectivity index (χ4n) is 5.52. The predicted octanol–water partition coefficient (Wildman–Crippen LogP) is 9.61. The Kier molecular flexibility index (Phi) is 13.5. The van der Waals surface area contributed by atoms with E-state index in [1.54, 1.807) is 55.8 Å². The van der Waals surface area contributed by atoms with E-state index >= 15 is 0 Å². The predicted molar refractivity (Wildman–Crippen MR) is 212 cm³/mol. The molecule has 0 fully saturated rings. The van der Waals surface area contributed by atoms with Crippen molar-refractivity contribution in [3.8, 4) is 67.9 Å². The van der Waals surface area contributed by atoms with Crippen LogP contribution in [0.2, 0.25) is 0 Å². The molecule has 0 saturated heterocycles. The largest absolute Gasteiger partial charge is 0.256 e. The van der Waals surface area contributed by atoms with Gasteiger partial charge in [-0.05, 0) is 109 Å². The number of aromatic nitrogens is 9. The smallest absolute Gasteiger partial charge is 0.0980 e. The molecule has 0 amide bonds. The molecule has 9 rings (SSSR count). The van der Waals surface area contributed by atoms with Crippen LogP contribution in [0.4, 0.5) is 0 Å². The zero-order chi connectivity index (χ0) is 36.6. The third-order valence-corrected chi connectivity index (χ3v) is 7.97. The van der Waals surface area contributed by atoms with Gasteiger partial charge >= 0.3 is 0 Å². The second-order valence-corrected chi connectivity index (χ2v) is 11.5. The topological polar surface area (TPSA) is 116 Å². The van der Waals surface area contributed by atoms with Crippen molar-refractivity contribution in [3.63, 3.8) is 0 Å². The van der Waals surface area contributed by atoms with Crippen LogP contribution in [0.15, 0.2) is 201 Å². The summed E-state index contributed by atoms with van der Waals surface area (Å²) >= 11 is 0. The molecule has 0 spiro atoms. The Bertz CT molecular complexity index is 2020. The van der Waals surface area contributed by atoms with Crippen LogP contribution in [0.1, 0.15) is 0 Å². The van der Waals surface area contributed by atoms with Crippen LogP contribution in [-0.2, 0) is 19.5 Å². The van der Waals surface area contributed by atoms with Gasteiger partial charge in [0.15, 0.2) is 0 Å². The van der Waals surface area contributed by atoms with E-state index in [-0.39, 0.29) is 19.5 Å². The van der Waals surface area contributed by atoms with Gasteiger partial charge in [0.1, 0.15) is 0 Å². The first-order chi connectivity index (χ1) is 26.8. The summed E-state index contributed by atoms with van der Waals surface area (Å²) in [7, 11) is 0. The third kappa shape index (κ3) is 9.90. The monoisotopic (exact) mass is 801 g/mol. The molecule has 9 aromatic heterocycles. The summed E-state index contributed by atoms with van der Waals surface area (Å²) in [6.45, 7) is 0. The molecular formula is C45H33N9Ru. The molecule has 9 aromatic rings. The van der Waals surface area contributed by atoms with Crippen molar-refractivity contribution >= 4 is 0 Å². The Morgan fingerprint density at radius 1 is 0.200 bits per heavy atom. The first-order valence-electron chi connectivity index (χ1n) is 17.2. The Balaban J connectivity index is 0.000000139. The van der Waals surface area contributed by atoms with Crippen molar-refractivity contribution in [3.05, 3.63) is 201 Å². The van der Waals surface area contributed by atoms with Crippen molar-refractivity contribution in [2.24, 2.45) is 0 Å². The average Bonchev–Trinajstić information content (AvgIpc) is 3.29. The van der Waals surface area contributed by atoms with Crippen molar-refractivity contribution in [1.29, 1.82) is 0 Å². The molecule has 9 nitrogen and oxygen atoms in total. The second-order valence-electron chi connectivity index (χ2n) is 11.5. The van der Waals surface area contributed by atoms with Gasteiger partial charge in [-0.1, -0.05) is 36.4 Å². The van der Waals surface area contributed by atoms with Crippen LogP contribution in [0.25, 0.3) is 67.9 Å². The maximum Gasteiger partial charge on any atom is 0.0980 e. The van der Waals surface area contributed by atoms with Crippen molar-refractivity contribution in [2.75, 3.05) is 0 Å². The van der Waals surface area contributed by atoms with Gasteiger partial charge in [-0.15, -0.1) is 0 Å². The van der Waals surface area contributed by atoms with Gasteiger partial charge in [-0.2, -0.15) is 0 Å². The van der Waals surface area contributed by atoms with Gasteiger partial charge in [0, 0.05) is 91.9 Å². The van der Waals surface area contributed by atoms with Gasteiger partial charge < -0.3 is 0 Å². The average molecular weight is 801 g/mol. The number of rotatable bonds is 6. The molecule has 0 N–H and O–H groups in total. The van der Waals surface area contributed by atoms with Gasteiger partial charge in [-0.25, -0.2) is 0 Å². The van der Waals surface area contributed by atoms with E-state index in [0.29, 0.717) is 0 Å². The van der Waals surface area contributed by atoms with E-state index in [1.165, 1.54) is 0 Å². The molecule has 10 heteroatoms. The Hall–Kier alpha value is -7.03. The van der Waals surface area contributed by atoms with Crippen molar-refractivity contribution in [2.45, 2.75) is 0 Å². The first-order valence-corrected chi connectivity index (χ1v) is 17.2. The number of hydrogen-bond donors (Lipinski definition) is 0. The molecule has 0 bridgehead atoms. The molecule has 0 unspecified atom stereocenters. The number of hydrogen-bond acceptors (Lipinski definition) is 9. The van der Waals surface area contributed by atoms with Gasteiger partial charge in [0.2, 0.25) is 0 Å². The molecule has 0 aliphatic heterocycles. The zero-order valence-corrected chi connectivity index (χ0v) is 31.2. The molecule has 266 valence electrons. The summed E-state index contributed by atoms with van der Waals surface area (Å²) in [5, 5.41) is 0. The van der Waals surface area contributed by atoms with E-state index in [1.807, 2.05) is 146 Å². The summed E-state index contributed by atoms with van der Waals surface area (Å²) in [4.78, 5) is 39.4. The van der Waals surface area contributed by atoms with Crippen LogP contribution >= 0.6 is 0 Å². The van der Waals surface area contributed by atoms with Gasteiger partial charge in [0.25, 0.3) is 0 Å². The minimum Gasteiger partial charge on any atom is -0.256 e. The van der Waals surface area contributed by atoms with E-state index in [4.69, 9.17) is 0 Å². The summed E-state index contributed by atoms with van der Waals surface area (Å²) in [6.07, 6.45) is 16.0. The molecule has 0 aliphatic rings. The maximum atomic E-state index is 4.42. The molecule has 0 aromatic carbocycles. The van der Waals surface area contributed by atoms with Crippen LogP contribution in [-0.4, -0.2) is 44.9 Å². The summed E-state index contributed by atoms with van der Waals surface area (Å²) in [5.74, 6) is 0. The molecule has 9 heterocycles. The fourth-order valence-corrected chi connectivity index (χ4v) is 5.52. The van der Waals surface area contributed by atoms with Crippen LogP contribution in [0.3, 0.4) is 0 Å². The Labute approximate surface area is 332 Å². The summed E-state index contributed by atoms with van der Waals surface area (Å²) < 4.78 is 0. The molecule has 55 heavy (non-hydrogen) atoms. The van der Waals surface area contributed by atoms with Crippen LogP contribution in [0.5, 0.6) is 0 Å². The first kappa shape index (κ1) is 37.7. The van der Waals surface area contributed by atoms with Gasteiger partial charge in [0.05, 0.1) is 51.2 Å². The fraction of sp³-hybridized carbons (Fsp3) is 0. The van der Waals surface area contributed by atoms with E-state index < -0.39 is 0 Å². The Morgan fingerprint density at radius 3 is 0.636 bits per heavy atom. The third-order valence-electron chi connectivity index (χ3n) is 7.97.